The van der Waals surface area contributed by atoms with E-state index in [1.165, 1.54) is 65.9 Å². The van der Waals surface area contributed by atoms with Gasteiger partial charge >= 0.3 is 6.85 Å². The summed E-state index contributed by atoms with van der Waals surface area (Å²) < 4.78 is 12.1. The molecule has 2 aliphatic heterocycles. The number of hydrogen-bond donors (Lipinski definition) is 0. The lowest BCUT2D eigenvalue weighted by Crippen LogP contribution is -2.59. The number of ether oxygens (including phenoxy) is 1. The molecule has 0 spiro atoms. The number of benzene rings is 9. The monoisotopic (exact) mass is 751 g/mol. The summed E-state index contributed by atoms with van der Waals surface area (Å²) in [6.45, 7) is -0.116. The van der Waals surface area contributed by atoms with Crippen LogP contribution >= 0.6 is 0 Å². The first-order valence-corrected chi connectivity index (χ1v) is 20.3. The predicted molar refractivity (Wildman–Crippen MR) is 246 cm³/mol. The minimum absolute atomic E-state index is 0.116. The van der Waals surface area contributed by atoms with Gasteiger partial charge in [0, 0.05) is 61.3 Å². The van der Waals surface area contributed by atoms with Gasteiger partial charge in [0.25, 0.3) is 0 Å². The molecule has 0 radical (unpaired) electrons. The van der Waals surface area contributed by atoms with Crippen LogP contribution in [-0.4, -0.2) is 16.0 Å². The van der Waals surface area contributed by atoms with Gasteiger partial charge in [0.2, 0.25) is 0 Å². The SMILES string of the molecule is c1ccc(N2B3c4ccc(-n5c6ccccc6c6ccccc65)cc4Oc4cc(-c5ccccc5-n5c6ccccc6c6ccccc65)cc(c43)-c3ccccc32)cc1. The highest BCUT2D eigenvalue weighted by molar-refractivity contribution is 6.92. The van der Waals surface area contributed by atoms with Crippen LogP contribution < -0.4 is 20.5 Å². The third kappa shape index (κ3) is 4.61. The molecule has 0 fully saturated rings. The summed E-state index contributed by atoms with van der Waals surface area (Å²) in [5.74, 6) is 1.74. The maximum absolute atomic E-state index is 7.27. The lowest BCUT2D eigenvalue weighted by atomic mass is 9.44. The van der Waals surface area contributed by atoms with Crippen molar-refractivity contribution < 1.29 is 4.74 Å². The number of para-hydroxylation sites is 7. The fourth-order valence-electron chi connectivity index (χ4n) is 10.1. The molecular formula is C54H34BN3O. The lowest BCUT2D eigenvalue weighted by Gasteiger charge is -2.42. The first-order chi connectivity index (χ1) is 29.3. The van der Waals surface area contributed by atoms with Crippen LogP contribution in [0.5, 0.6) is 11.5 Å². The van der Waals surface area contributed by atoms with E-state index in [4.69, 9.17) is 4.74 Å². The van der Waals surface area contributed by atoms with Crippen LogP contribution in [0.15, 0.2) is 206 Å². The largest absolute Gasteiger partial charge is 0.458 e. The number of nitrogens with zero attached hydrogens (tertiary/aromatic N) is 3. The molecule has 0 unspecified atom stereocenters. The average molecular weight is 752 g/mol. The van der Waals surface area contributed by atoms with Crippen LogP contribution in [-0.2, 0) is 0 Å². The molecule has 0 saturated carbocycles. The van der Waals surface area contributed by atoms with Crippen molar-refractivity contribution >= 4 is 72.8 Å². The van der Waals surface area contributed by atoms with Gasteiger partial charge in [-0.1, -0.05) is 133 Å². The van der Waals surface area contributed by atoms with Crippen LogP contribution in [0, 0.1) is 0 Å². The molecule has 0 saturated heterocycles. The highest BCUT2D eigenvalue weighted by Crippen LogP contribution is 2.47. The van der Waals surface area contributed by atoms with Gasteiger partial charge in [0.15, 0.2) is 0 Å². The Labute approximate surface area is 341 Å². The standard InChI is InChI=1S/C54H34BN3O/c1-2-16-36(17-3-1)58-51-29-15-9-23-43(51)44-32-35(38-18-4-10-24-46(38)57-49-27-13-7-21-41(49)42-22-8-14-28-50(42)57)33-53-54(44)55(58)45-31-30-37(34-52(45)59-53)56-47-25-11-5-19-39(47)40-20-6-12-26-48(40)56/h1-34H. The predicted octanol–water partition coefficient (Wildman–Crippen LogP) is 12.6. The van der Waals surface area contributed by atoms with E-state index in [-0.39, 0.29) is 6.85 Å². The van der Waals surface area contributed by atoms with E-state index in [1.807, 2.05) is 0 Å². The minimum atomic E-state index is -0.116. The summed E-state index contributed by atoms with van der Waals surface area (Å²) in [5.41, 5.74) is 16.2. The molecule has 9 aromatic carbocycles. The van der Waals surface area contributed by atoms with Gasteiger partial charge in [-0.05, 0) is 83.3 Å². The van der Waals surface area contributed by atoms with E-state index in [9.17, 15) is 0 Å². The lowest BCUT2D eigenvalue weighted by molar-refractivity contribution is 0.487. The molecule has 5 heteroatoms. The van der Waals surface area contributed by atoms with Gasteiger partial charge in [-0.15, -0.1) is 0 Å². The summed E-state index contributed by atoms with van der Waals surface area (Å²) in [7, 11) is 0. The van der Waals surface area contributed by atoms with Gasteiger partial charge in [0.1, 0.15) is 11.5 Å². The van der Waals surface area contributed by atoms with Crippen LogP contribution in [0.2, 0.25) is 0 Å². The second-order valence-electron chi connectivity index (χ2n) is 15.6. The molecule has 0 atom stereocenters. The summed E-state index contributed by atoms with van der Waals surface area (Å²) in [6.07, 6.45) is 0. The van der Waals surface area contributed by atoms with E-state index < -0.39 is 0 Å². The van der Waals surface area contributed by atoms with Crippen LogP contribution in [0.3, 0.4) is 0 Å². The molecule has 4 heterocycles. The third-order valence-electron chi connectivity index (χ3n) is 12.5. The average Bonchev–Trinajstić information content (AvgIpc) is 3.82. The minimum Gasteiger partial charge on any atom is -0.458 e. The topological polar surface area (TPSA) is 22.3 Å². The first-order valence-electron chi connectivity index (χ1n) is 20.3. The van der Waals surface area contributed by atoms with Gasteiger partial charge in [-0.25, -0.2) is 0 Å². The zero-order valence-electron chi connectivity index (χ0n) is 32.0. The Hall–Kier alpha value is -7.76. The Bertz CT molecular complexity index is 3400. The fraction of sp³-hybridized carbons (Fsp3) is 0. The molecule has 2 aromatic heterocycles. The molecular weight excluding hydrogens is 717 g/mol. The van der Waals surface area contributed by atoms with Gasteiger partial charge < -0.3 is 18.7 Å². The fourth-order valence-corrected chi connectivity index (χ4v) is 10.1. The van der Waals surface area contributed by atoms with Crippen molar-refractivity contribution in [2.45, 2.75) is 0 Å². The van der Waals surface area contributed by atoms with E-state index in [0.717, 1.165) is 45.2 Å². The summed E-state index contributed by atoms with van der Waals surface area (Å²) in [5, 5.41) is 4.97. The molecule has 0 aliphatic carbocycles. The molecule has 0 amide bonds. The molecule has 2 aliphatic rings. The summed E-state index contributed by atoms with van der Waals surface area (Å²) in [6, 6.07) is 74.8. The van der Waals surface area contributed by atoms with E-state index in [1.54, 1.807) is 0 Å². The second kappa shape index (κ2) is 12.4. The molecule has 274 valence electrons. The Morgan fingerprint density at radius 1 is 0.356 bits per heavy atom. The Morgan fingerprint density at radius 3 is 1.53 bits per heavy atom. The van der Waals surface area contributed by atoms with Crippen molar-refractivity contribution in [1.82, 2.24) is 9.13 Å². The molecule has 0 N–H and O–H groups in total. The van der Waals surface area contributed by atoms with E-state index >= 15 is 0 Å². The summed E-state index contributed by atoms with van der Waals surface area (Å²) in [4.78, 5) is 2.51. The molecule has 13 rings (SSSR count). The number of hydrogen-bond acceptors (Lipinski definition) is 2. The maximum Gasteiger partial charge on any atom is 0.336 e. The zero-order chi connectivity index (χ0) is 38.6. The number of rotatable bonds is 4. The van der Waals surface area contributed by atoms with Crippen molar-refractivity contribution in [3.63, 3.8) is 0 Å². The molecule has 11 aromatic rings. The molecule has 59 heavy (non-hydrogen) atoms. The zero-order valence-corrected chi connectivity index (χ0v) is 32.0. The Morgan fingerprint density at radius 2 is 0.881 bits per heavy atom. The van der Waals surface area contributed by atoms with Crippen molar-refractivity contribution in [2.24, 2.45) is 0 Å². The van der Waals surface area contributed by atoms with Gasteiger partial charge in [-0.3, -0.25) is 0 Å². The highest BCUT2D eigenvalue weighted by Gasteiger charge is 2.44. The molecule has 4 nitrogen and oxygen atoms in total. The van der Waals surface area contributed by atoms with Crippen LogP contribution in [0.4, 0.5) is 11.4 Å². The first kappa shape index (κ1) is 32.3. The van der Waals surface area contributed by atoms with E-state index in [0.29, 0.717) is 0 Å². The maximum atomic E-state index is 7.27. The number of anilines is 2. The second-order valence-corrected chi connectivity index (χ2v) is 15.6. The molecule has 0 bridgehead atoms. The highest BCUT2D eigenvalue weighted by atomic mass is 16.5. The van der Waals surface area contributed by atoms with Gasteiger partial charge in [0.05, 0.1) is 27.8 Å². The third-order valence-corrected chi connectivity index (χ3v) is 12.5. The van der Waals surface area contributed by atoms with Crippen molar-refractivity contribution in [3.05, 3.63) is 206 Å². The van der Waals surface area contributed by atoms with Crippen molar-refractivity contribution in [1.29, 1.82) is 0 Å². The Balaban J connectivity index is 1.07. The quantitative estimate of drug-likeness (QED) is 0.167. The number of fused-ring (bicyclic) bond motifs is 10. The normalized spacial score (nSPS) is 12.8. The number of aromatic nitrogens is 2. The Kier molecular flexibility index (Phi) is 6.78. The van der Waals surface area contributed by atoms with Crippen LogP contribution in [0.25, 0.3) is 77.2 Å². The van der Waals surface area contributed by atoms with Gasteiger partial charge in [-0.2, -0.15) is 0 Å². The van der Waals surface area contributed by atoms with Crippen molar-refractivity contribution in [3.8, 4) is 45.1 Å². The van der Waals surface area contributed by atoms with Crippen LogP contribution in [0.1, 0.15) is 0 Å². The van der Waals surface area contributed by atoms with Crippen molar-refractivity contribution in [2.75, 3.05) is 4.81 Å². The summed E-state index contributed by atoms with van der Waals surface area (Å²) >= 11 is 0. The van der Waals surface area contributed by atoms with E-state index in [2.05, 4.69) is 220 Å². The smallest absolute Gasteiger partial charge is 0.336 e.